The highest BCUT2D eigenvalue weighted by Gasteiger charge is 2.56. The minimum absolute atomic E-state index is 0.0929. The quantitative estimate of drug-likeness (QED) is 0.105. The van der Waals surface area contributed by atoms with E-state index in [2.05, 4.69) is 4.74 Å². The highest BCUT2D eigenvalue weighted by Crippen LogP contribution is 2.61. The van der Waals surface area contributed by atoms with Crippen molar-refractivity contribution in [3.8, 4) is 28.7 Å². The number of rotatable bonds is 3. The summed E-state index contributed by atoms with van der Waals surface area (Å²) >= 11 is 0. The van der Waals surface area contributed by atoms with E-state index < -0.39 is 80.4 Å². The number of ketones is 2. The number of hydrogen-bond donors (Lipinski definition) is 7. The number of hydrogen-bond acceptors (Lipinski definition) is 11. The summed E-state index contributed by atoms with van der Waals surface area (Å²) < 4.78 is 4.63. The second-order valence-electron chi connectivity index (χ2n) is 10.7. The van der Waals surface area contributed by atoms with Gasteiger partial charge in [-0.15, -0.1) is 0 Å². The van der Waals surface area contributed by atoms with Crippen LogP contribution >= 0.6 is 0 Å². The number of benzene rings is 3. The van der Waals surface area contributed by atoms with Crippen molar-refractivity contribution in [2.45, 2.75) is 25.4 Å². The number of ether oxygens (including phenoxy) is 1. The minimum atomic E-state index is -1.54. The second kappa shape index (κ2) is 8.85. The average molecular weight is 573 g/mol. The Labute approximate surface area is 237 Å². The number of esters is 1. The van der Waals surface area contributed by atoms with Gasteiger partial charge in [-0.1, -0.05) is 18.2 Å². The first-order valence-corrected chi connectivity index (χ1v) is 12.8. The molecule has 0 unspecified atom stereocenters. The molecular weight excluding hydrogens is 548 g/mol. The van der Waals surface area contributed by atoms with Gasteiger partial charge in [-0.3, -0.25) is 9.59 Å². The molecule has 3 atom stereocenters. The molecule has 0 fully saturated rings. The summed E-state index contributed by atoms with van der Waals surface area (Å²) in [6.07, 6.45) is 1.34. The van der Waals surface area contributed by atoms with Crippen LogP contribution in [0.2, 0.25) is 0 Å². The summed E-state index contributed by atoms with van der Waals surface area (Å²) in [7, 11) is 0.989. The van der Waals surface area contributed by atoms with Crippen LogP contribution in [0.1, 0.15) is 66.1 Å². The normalized spacial score (nSPS) is 21.8. The van der Waals surface area contributed by atoms with Crippen LogP contribution in [0, 0.1) is 12.3 Å². The smallest absolute Gasteiger partial charge is 0.342 e. The summed E-state index contributed by atoms with van der Waals surface area (Å²) in [5, 5.41) is 76.8. The van der Waals surface area contributed by atoms with E-state index in [0.29, 0.717) is 5.56 Å². The molecule has 0 radical (unpaired) electrons. The molecule has 0 saturated carbocycles. The lowest BCUT2D eigenvalue weighted by Crippen LogP contribution is -2.40. The van der Waals surface area contributed by atoms with Gasteiger partial charge in [-0.25, -0.2) is 4.79 Å². The molecule has 7 rings (SSSR count). The molecule has 0 heterocycles. The SMILES string of the molecule is COC(=O)c1c(O)ccc(O)c1C(=O)c1c(O)cc2c(c1O)[C@@H]1C=C[C@]3(C2)C(=C(O)c2c(O)cc(C)cc2[C@@H]3O)C1=O. The van der Waals surface area contributed by atoms with Crippen molar-refractivity contribution in [2.75, 3.05) is 7.11 Å². The summed E-state index contributed by atoms with van der Waals surface area (Å²) in [5.74, 6) is -8.34. The van der Waals surface area contributed by atoms with Crippen LogP contribution in [-0.2, 0) is 16.0 Å². The first kappa shape index (κ1) is 26.9. The molecule has 1 spiro atoms. The Morgan fingerprint density at radius 1 is 0.905 bits per heavy atom. The average Bonchev–Trinajstić information content (AvgIpc) is 3.15. The molecule has 11 heteroatoms. The van der Waals surface area contributed by atoms with Crippen molar-refractivity contribution in [2.24, 2.45) is 5.41 Å². The van der Waals surface area contributed by atoms with Crippen molar-refractivity contribution in [1.82, 2.24) is 0 Å². The van der Waals surface area contributed by atoms with E-state index >= 15 is 0 Å². The van der Waals surface area contributed by atoms with Gasteiger partial charge in [0.1, 0.15) is 45.6 Å². The number of aromatic hydroxyl groups is 5. The number of phenols is 5. The van der Waals surface area contributed by atoms with Gasteiger partial charge in [0.25, 0.3) is 0 Å². The van der Waals surface area contributed by atoms with Gasteiger partial charge in [0, 0.05) is 5.56 Å². The molecule has 0 amide bonds. The fourth-order valence-electron chi connectivity index (χ4n) is 6.53. The molecule has 3 aromatic carbocycles. The number of aryl methyl sites for hydroxylation is 1. The largest absolute Gasteiger partial charge is 0.507 e. The minimum Gasteiger partial charge on any atom is -0.507 e. The third-order valence-corrected chi connectivity index (χ3v) is 8.33. The van der Waals surface area contributed by atoms with Crippen LogP contribution in [0.15, 0.2) is 48.1 Å². The molecule has 0 saturated heterocycles. The Morgan fingerprint density at radius 2 is 1.57 bits per heavy atom. The van der Waals surface area contributed by atoms with Gasteiger partial charge in [0.15, 0.2) is 5.78 Å². The van der Waals surface area contributed by atoms with E-state index in [4.69, 9.17) is 0 Å². The van der Waals surface area contributed by atoms with Gasteiger partial charge >= 0.3 is 5.97 Å². The number of allylic oxidation sites excluding steroid dienone is 1. The standard InChI is InChI=1S/C31H24O11/c1-11-7-14-20(17(34)8-11)28(39)24-25(36)13-5-6-31(24,29(14)40)10-12-9-18(35)23(26(37)19(12)13)27(38)21-15(32)3-4-16(33)22(21)30(41)42-2/h3-9,13,29,32-35,37,39-40H,10H2,1-2H3/t13-,29-,31-/m0/s1. The maximum Gasteiger partial charge on any atom is 0.342 e. The van der Waals surface area contributed by atoms with Crippen LogP contribution in [-0.4, -0.2) is 60.4 Å². The molecule has 7 N–H and O–H groups in total. The summed E-state index contributed by atoms with van der Waals surface area (Å²) in [5.41, 5.74) is -3.19. The molecule has 3 aromatic rings. The summed E-state index contributed by atoms with van der Waals surface area (Å²) in [6.45, 7) is 1.69. The van der Waals surface area contributed by atoms with E-state index in [1.807, 2.05) is 0 Å². The molecule has 0 aliphatic heterocycles. The lowest BCUT2D eigenvalue weighted by atomic mass is 9.61. The molecule has 4 aliphatic carbocycles. The molecule has 2 bridgehead atoms. The Morgan fingerprint density at radius 3 is 2.24 bits per heavy atom. The van der Waals surface area contributed by atoms with E-state index in [1.165, 1.54) is 18.2 Å². The number of aliphatic hydroxyl groups is 2. The summed E-state index contributed by atoms with van der Waals surface area (Å²) in [6, 6.07) is 5.99. The molecule has 214 valence electrons. The van der Waals surface area contributed by atoms with Gasteiger partial charge in [0.2, 0.25) is 5.78 Å². The Balaban J connectivity index is 1.59. The van der Waals surface area contributed by atoms with Gasteiger partial charge in [-0.05, 0) is 54.3 Å². The van der Waals surface area contributed by atoms with E-state index in [1.54, 1.807) is 13.0 Å². The molecule has 4 aliphatic rings. The molecular formula is C31H24O11. The number of phenolic OH excluding ortho intramolecular Hbond substituents is 5. The molecule has 42 heavy (non-hydrogen) atoms. The number of aliphatic hydroxyl groups excluding tert-OH is 2. The second-order valence-corrected chi connectivity index (χ2v) is 10.7. The zero-order valence-corrected chi connectivity index (χ0v) is 22.2. The first-order chi connectivity index (χ1) is 19.8. The predicted octanol–water partition coefficient (Wildman–Crippen LogP) is 3.32. The first-order valence-electron chi connectivity index (χ1n) is 12.8. The van der Waals surface area contributed by atoms with E-state index in [0.717, 1.165) is 25.3 Å². The van der Waals surface area contributed by atoms with Crippen LogP contribution in [0.4, 0.5) is 0 Å². The monoisotopic (exact) mass is 572 g/mol. The maximum atomic E-state index is 14.0. The highest BCUT2D eigenvalue weighted by atomic mass is 16.5. The van der Waals surface area contributed by atoms with Crippen molar-refractivity contribution in [1.29, 1.82) is 0 Å². The Bertz CT molecular complexity index is 1850. The van der Waals surface area contributed by atoms with Crippen molar-refractivity contribution in [3.05, 3.63) is 92.6 Å². The maximum absolute atomic E-state index is 14.0. The van der Waals surface area contributed by atoms with Crippen molar-refractivity contribution < 1.29 is 54.9 Å². The predicted molar refractivity (Wildman–Crippen MR) is 145 cm³/mol. The van der Waals surface area contributed by atoms with Gasteiger partial charge in [-0.2, -0.15) is 0 Å². The van der Waals surface area contributed by atoms with Crippen molar-refractivity contribution in [3.63, 3.8) is 0 Å². The lowest BCUT2D eigenvalue weighted by molar-refractivity contribution is -0.118. The third-order valence-electron chi connectivity index (χ3n) is 8.33. The third kappa shape index (κ3) is 3.34. The number of carbonyl (C=O) groups excluding carboxylic acids is 3. The van der Waals surface area contributed by atoms with Gasteiger partial charge in [0.05, 0.1) is 41.2 Å². The Kier molecular flexibility index (Phi) is 5.67. The lowest BCUT2D eigenvalue weighted by Gasteiger charge is -2.43. The fraction of sp³-hybridized carbons (Fsp3) is 0.194. The number of carbonyl (C=O) groups is 3. The van der Waals surface area contributed by atoms with E-state index in [9.17, 15) is 50.1 Å². The number of fused-ring (bicyclic) bond motifs is 1. The van der Waals surface area contributed by atoms with Crippen LogP contribution in [0.5, 0.6) is 28.7 Å². The number of methoxy groups -OCH3 is 1. The van der Waals surface area contributed by atoms with Crippen LogP contribution in [0.25, 0.3) is 5.76 Å². The highest BCUT2D eigenvalue weighted by molar-refractivity contribution is 6.20. The Hall–Kier alpha value is -5.29. The zero-order valence-electron chi connectivity index (χ0n) is 22.2. The van der Waals surface area contributed by atoms with Crippen molar-refractivity contribution >= 4 is 23.3 Å². The molecule has 11 nitrogen and oxygen atoms in total. The van der Waals surface area contributed by atoms with Crippen LogP contribution in [0.3, 0.4) is 0 Å². The van der Waals surface area contributed by atoms with Crippen LogP contribution < -0.4 is 0 Å². The topological polar surface area (TPSA) is 202 Å². The van der Waals surface area contributed by atoms with E-state index in [-0.39, 0.29) is 40.0 Å². The van der Waals surface area contributed by atoms with Gasteiger partial charge < -0.3 is 40.5 Å². The zero-order chi connectivity index (χ0) is 30.4. The molecule has 0 aromatic heterocycles. The fourth-order valence-corrected chi connectivity index (χ4v) is 6.53. The number of Topliss-reactive ketones (excluding diaryl/α,β-unsaturated/α-hetero) is 1. The summed E-state index contributed by atoms with van der Waals surface area (Å²) in [4.78, 5) is 40.1.